The summed E-state index contributed by atoms with van der Waals surface area (Å²) in [6.07, 6.45) is 7.05. The van der Waals surface area contributed by atoms with Crippen molar-refractivity contribution in [3.05, 3.63) is 30.1 Å². The summed E-state index contributed by atoms with van der Waals surface area (Å²) >= 11 is 0. The second kappa shape index (κ2) is 3.91. The van der Waals surface area contributed by atoms with Crippen LogP contribution >= 0.6 is 0 Å². The third-order valence-corrected chi connectivity index (χ3v) is 2.92. The van der Waals surface area contributed by atoms with E-state index in [0.717, 1.165) is 25.8 Å². The lowest BCUT2D eigenvalue weighted by Gasteiger charge is -2.02. The van der Waals surface area contributed by atoms with Gasteiger partial charge in [0.2, 0.25) is 0 Å². The average Bonchev–Trinajstić information content (AvgIpc) is 2.56. The first-order valence-electron chi connectivity index (χ1n) is 5.24. The van der Waals surface area contributed by atoms with Gasteiger partial charge in [0, 0.05) is 18.6 Å². The zero-order valence-corrected chi connectivity index (χ0v) is 8.57. The Morgan fingerprint density at radius 1 is 1.43 bits per heavy atom. The maximum atomic E-state index is 11.4. The standard InChI is InChI=1S/C12H16NO/c1-10-5-7-13(8-6-10)9-11-3-2-4-12(11)14/h5-8,11H,2-4,9H2,1H3/q+1. The summed E-state index contributed by atoms with van der Waals surface area (Å²) < 4.78 is 2.11. The highest BCUT2D eigenvalue weighted by atomic mass is 16.1. The number of pyridine rings is 1. The minimum Gasteiger partial charge on any atom is -0.299 e. The van der Waals surface area contributed by atoms with E-state index in [4.69, 9.17) is 0 Å². The molecule has 0 aromatic carbocycles. The molecule has 2 rings (SSSR count). The number of aromatic nitrogens is 1. The van der Waals surface area contributed by atoms with E-state index in [2.05, 4.69) is 36.0 Å². The number of nitrogens with zero attached hydrogens (tertiary/aromatic N) is 1. The topological polar surface area (TPSA) is 20.9 Å². The maximum Gasteiger partial charge on any atom is 0.169 e. The molecule has 1 aliphatic rings. The molecule has 0 saturated heterocycles. The van der Waals surface area contributed by atoms with Crippen LogP contribution in [0.25, 0.3) is 0 Å². The molecule has 1 fully saturated rings. The second-order valence-electron chi connectivity index (χ2n) is 4.13. The Bertz CT molecular complexity index is 329. The van der Waals surface area contributed by atoms with Crippen LogP contribution in [0.4, 0.5) is 0 Å². The molecule has 0 radical (unpaired) electrons. The fourth-order valence-corrected chi connectivity index (χ4v) is 1.99. The summed E-state index contributed by atoms with van der Waals surface area (Å²) in [5, 5.41) is 0. The van der Waals surface area contributed by atoms with Gasteiger partial charge in [0.25, 0.3) is 0 Å². The summed E-state index contributed by atoms with van der Waals surface area (Å²) in [4.78, 5) is 11.4. The van der Waals surface area contributed by atoms with Crippen molar-refractivity contribution in [1.29, 1.82) is 0 Å². The smallest absolute Gasteiger partial charge is 0.169 e. The predicted molar refractivity (Wildman–Crippen MR) is 53.7 cm³/mol. The number of carbonyl (C=O) groups is 1. The number of Topliss-reactive ketones (excluding diaryl/α,β-unsaturated/α-hetero) is 1. The normalized spacial score (nSPS) is 21.5. The van der Waals surface area contributed by atoms with Gasteiger partial charge in [-0.05, 0) is 25.3 Å². The van der Waals surface area contributed by atoms with Crippen molar-refractivity contribution in [2.75, 3.05) is 0 Å². The van der Waals surface area contributed by atoms with E-state index in [0.29, 0.717) is 5.78 Å². The van der Waals surface area contributed by atoms with Gasteiger partial charge in [-0.15, -0.1) is 0 Å². The summed E-state index contributed by atoms with van der Waals surface area (Å²) in [5.41, 5.74) is 1.26. The van der Waals surface area contributed by atoms with Gasteiger partial charge >= 0.3 is 0 Å². The Balaban J connectivity index is 2.03. The Kier molecular flexibility index (Phi) is 2.62. The number of rotatable bonds is 2. The molecule has 0 aliphatic heterocycles. The van der Waals surface area contributed by atoms with E-state index < -0.39 is 0 Å². The van der Waals surface area contributed by atoms with Crippen LogP contribution in [0, 0.1) is 12.8 Å². The highest BCUT2D eigenvalue weighted by Gasteiger charge is 2.27. The van der Waals surface area contributed by atoms with Gasteiger partial charge in [0.05, 0.1) is 5.92 Å². The molecule has 1 aromatic heterocycles. The number of ketones is 1. The SMILES string of the molecule is Cc1cc[n+](CC2CCCC2=O)cc1. The van der Waals surface area contributed by atoms with Gasteiger partial charge in [-0.2, -0.15) is 0 Å². The summed E-state index contributed by atoms with van der Waals surface area (Å²) in [5.74, 6) is 0.709. The summed E-state index contributed by atoms with van der Waals surface area (Å²) in [7, 11) is 0. The summed E-state index contributed by atoms with van der Waals surface area (Å²) in [6.45, 7) is 2.93. The fourth-order valence-electron chi connectivity index (χ4n) is 1.99. The molecule has 1 aromatic rings. The maximum absolute atomic E-state index is 11.4. The van der Waals surface area contributed by atoms with Gasteiger partial charge in [0.1, 0.15) is 5.78 Å². The van der Waals surface area contributed by atoms with Crippen molar-refractivity contribution in [3.8, 4) is 0 Å². The quantitative estimate of drug-likeness (QED) is 0.650. The molecule has 2 nitrogen and oxygen atoms in total. The molecule has 14 heavy (non-hydrogen) atoms. The first-order valence-corrected chi connectivity index (χ1v) is 5.24. The predicted octanol–water partition coefficient (Wildman–Crippen LogP) is 1.65. The van der Waals surface area contributed by atoms with Crippen LogP contribution in [-0.2, 0) is 11.3 Å². The minimum atomic E-state index is 0.266. The van der Waals surface area contributed by atoms with Crippen LogP contribution in [0.5, 0.6) is 0 Å². The van der Waals surface area contributed by atoms with E-state index in [1.54, 1.807) is 0 Å². The molecule has 74 valence electrons. The lowest BCUT2D eigenvalue weighted by molar-refractivity contribution is -0.701. The zero-order valence-electron chi connectivity index (χ0n) is 8.57. The first-order chi connectivity index (χ1) is 6.75. The van der Waals surface area contributed by atoms with Gasteiger partial charge in [0.15, 0.2) is 18.9 Å². The largest absolute Gasteiger partial charge is 0.299 e. The van der Waals surface area contributed by atoms with Gasteiger partial charge in [-0.1, -0.05) is 0 Å². The molecule has 0 spiro atoms. The molecule has 1 atom stereocenters. The minimum absolute atomic E-state index is 0.266. The monoisotopic (exact) mass is 190 g/mol. The highest BCUT2D eigenvalue weighted by molar-refractivity contribution is 5.82. The molecule has 0 amide bonds. The van der Waals surface area contributed by atoms with E-state index in [1.165, 1.54) is 5.56 Å². The van der Waals surface area contributed by atoms with E-state index in [9.17, 15) is 4.79 Å². The summed E-state index contributed by atoms with van der Waals surface area (Å²) in [6, 6.07) is 4.17. The van der Waals surface area contributed by atoms with Crippen LogP contribution < -0.4 is 4.57 Å². The molecule has 1 saturated carbocycles. The zero-order chi connectivity index (χ0) is 9.97. The molecular formula is C12H16NO+. The van der Waals surface area contributed by atoms with Crippen molar-refractivity contribution in [2.24, 2.45) is 5.92 Å². The van der Waals surface area contributed by atoms with Crippen LogP contribution in [0.3, 0.4) is 0 Å². The van der Waals surface area contributed by atoms with Crippen LogP contribution in [-0.4, -0.2) is 5.78 Å². The van der Waals surface area contributed by atoms with Crippen molar-refractivity contribution in [1.82, 2.24) is 0 Å². The highest BCUT2D eigenvalue weighted by Crippen LogP contribution is 2.21. The van der Waals surface area contributed by atoms with Crippen molar-refractivity contribution < 1.29 is 9.36 Å². The number of carbonyl (C=O) groups excluding carboxylic acids is 1. The molecule has 1 unspecified atom stereocenters. The Morgan fingerprint density at radius 2 is 2.14 bits per heavy atom. The Hall–Kier alpha value is -1.18. The third-order valence-electron chi connectivity index (χ3n) is 2.92. The molecule has 1 aliphatic carbocycles. The first kappa shape index (κ1) is 9.38. The lowest BCUT2D eigenvalue weighted by Crippen LogP contribution is -2.37. The number of hydrogen-bond donors (Lipinski definition) is 0. The second-order valence-corrected chi connectivity index (χ2v) is 4.13. The number of aryl methyl sites for hydroxylation is 1. The third kappa shape index (κ3) is 2.00. The molecular weight excluding hydrogens is 174 g/mol. The van der Waals surface area contributed by atoms with E-state index in [-0.39, 0.29) is 5.92 Å². The molecule has 0 bridgehead atoms. The molecule has 0 N–H and O–H groups in total. The molecule has 2 heteroatoms. The molecule has 1 heterocycles. The number of hydrogen-bond acceptors (Lipinski definition) is 1. The van der Waals surface area contributed by atoms with Crippen molar-refractivity contribution in [2.45, 2.75) is 32.7 Å². The van der Waals surface area contributed by atoms with Gasteiger partial charge < -0.3 is 0 Å². The Morgan fingerprint density at radius 3 is 2.71 bits per heavy atom. The van der Waals surface area contributed by atoms with E-state index >= 15 is 0 Å². The Labute approximate surface area is 84.6 Å². The van der Waals surface area contributed by atoms with Crippen LogP contribution in [0.15, 0.2) is 24.5 Å². The fraction of sp³-hybridized carbons (Fsp3) is 0.500. The van der Waals surface area contributed by atoms with Crippen LogP contribution in [0.2, 0.25) is 0 Å². The lowest BCUT2D eigenvalue weighted by atomic mass is 10.1. The average molecular weight is 190 g/mol. The van der Waals surface area contributed by atoms with E-state index in [1.807, 2.05) is 0 Å². The van der Waals surface area contributed by atoms with Gasteiger partial charge in [-0.3, -0.25) is 4.79 Å². The van der Waals surface area contributed by atoms with Crippen LogP contribution in [0.1, 0.15) is 24.8 Å². The van der Waals surface area contributed by atoms with Gasteiger partial charge in [-0.25, -0.2) is 4.57 Å². The van der Waals surface area contributed by atoms with Crippen molar-refractivity contribution >= 4 is 5.78 Å². The van der Waals surface area contributed by atoms with Crippen molar-refractivity contribution in [3.63, 3.8) is 0 Å².